The number of hydrogen-bond acceptors (Lipinski definition) is 7. The molecule has 0 heterocycles. The Hall–Kier alpha value is -4.99. The summed E-state index contributed by atoms with van der Waals surface area (Å²) < 4.78 is 72.0. The number of ether oxygens (including phenoxy) is 2. The number of nitrogens with zero attached hydrogens (tertiary/aromatic N) is 4. The summed E-state index contributed by atoms with van der Waals surface area (Å²) in [4.78, 5) is 23.9. The molecule has 3 rings (SSSR count). The topological polar surface area (TPSA) is 129 Å². The van der Waals surface area contributed by atoms with Gasteiger partial charge in [0.2, 0.25) is 0 Å². The Kier molecular flexibility index (Phi) is 12.0. The molecule has 0 aromatic heterocycles. The molecule has 0 aliphatic rings. The van der Waals surface area contributed by atoms with Crippen LogP contribution in [0.2, 0.25) is 0 Å². The van der Waals surface area contributed by atoms with Gasteiger partial charge in [-0.2, -0.15) is 27.1 Å². The average Bonchev–Trinajstić information content (AvgIpc) is 2.99. The molecule has 16 heteroatoms. The molecule has 45 heavy (non-hydrogen) atoms. The number of hydrazone groups is 1. The SMILES string of the molecule is CN=C(N=CNc1ccc(OC(F)(F)C(F)(F)F)cc1)c1ccc(/C=N\NC(=Nc2ccc(OC)cc2C)SCC(=O)O)cc1. The van der Waals surface area contributed by atoms with Crippen molar-refractivity contribution in [1.82, 2.24) is 5.43 Å². The van der Waals surface area contributed by atoms with Crippen molar-refractivity contribution in [1.29, 1.82) is 0 Å². The van der Waals surface area contributed by atoms with E-state index in [1.54, 1.807) is 49.6 Å². The van der Waals surface area contributed by atoms with Crippen LogP contribution < -0.4 is 20.2 Å². The summed E-state index contributed by atoms with van der Waals surface area (Å²) in [5.41, 5.74) is 5.92. The van der Waals surface area contributed by atoms with Crippen molar-refractivity contribution >= 4 is 52.7 Å². The molecule has 0 saturated carbocycles. The van der Waals surface area contributed by atoms with Crippen LogP contribution in [-0.4, -0.2) is 66.8 Å². The van der Waals surface area contributed by atoms with Gasteiger partial charge in [-0.15, -0.1) is 0 Å². The molecule has 0 radical (unpaired) electrons. The molecule has 238 valence electrons. The fourth-order valence-electron chi connectivity index (χ4n) is 3.34. The quantitative estimate of drug-likeness (QED) is 0.0938. The first-order valence-corrected chi connectivity index (χ1v) is 13.8. The Bertz CT molecular complexity index is 1580. The highest BCUT2D eigenvalue weighted by atomic mass is 32.2. The van der Waals surface area contributed by atoms with E-state index < -0.39 is 24.0 Å². The van der Waals surface area contributed by atoms with Crippen LogP contribution in [0.1, 0.15) is 16.7 Å². The van der Waals surface area contributed by atoms with Gasteiger partial charge >= 0.3 is 18.3 Å². The predicted octanol–water partition coefficient (Wildman–Crippen LogP) is 6.48. The molecule has 0 saturated heterocycles. The van der Waals surface area contributed by atoms with Gasteiger partial charge in [0.25, 0.3) is 0 Å². The second-order valence-electron chi connectivity index (χ2n) is 8.83. The van der Waals surface area contributed by atoms with Gasteiger partial charge in [0.15, 0.2) is 11.0 Å². The number of rotatable bonds is 11. The van der Waals surface area contributed by atoms with Crippen molar-refractivity contribution in [3.05, 3.63) is 83.4 Å². The first-order valence-electron chi connectivity index (χ1n) is 12.8. The van der Waals surface area contributed by atoms with Gasteiger partial charge in [-0.3, -0.25) is 15.2 Å². The molecule has 3 N–H and O–H groups in total. The zero-order valence-electron chi connectivity index (χ0n) is 24.0. The van der Waals surface area contributed by atoms with E-state index in [0.717, 1.165) is 29.5 Å². The minimum Gasteiger partial charge on any atom is -0.497 e. The zero-order chi connectivity index (χ0) is 33.0. The molecule has 3 aromatic carbocycles. The number of nitrogens with one attached hydrogen (secondary N) is 2. The molecule has 10 nitrogen and oxygen atoms in total. The minimum absolute atomic E-state index is 0.222. The molecular formula is C29H27F5N6O4S. The van der Waals surface area contributed by atoms with Crippen molar-refractivity contribution in [2.24, 2.45) is 20.1 Å². The maximum absolute atomic E-state index is 13.1. The summed E-state index contributed by atoms with van der Waals surface area (Å²) in [6, 6.07) is 16.7. The molecular weight excluding hydrogens is 623 g/mol. The monoisotopic (exact) mass is 650 g/mol. The average molecular weight is 651 g/mol. The van der Waals surface area contributed by atoms with E-state index in [1.807, 2.05) is 6.92 Å². The fourth-order valence-corrected chi connectivity index (χ4v) is 3.88. The van der Waals surface area contributed by atoms with Gasteiger partial charge in [0, 0.05) is 18.3 Å². The van der Waals surface area contributed by atoms with Crippen LogP contribution >= 0.6 is 11.8 Å². The fraction of sp³-hybridized carbons (Fsp3) is 0.207. The summed E-state index contributed by atoms with van der Waals surface area (Å²) in [6.45, 7) is 1.85. The number of halogens is 5. The number of aliphatic imine (C=N–C) groups is 3. The van der Waals surface area contributed by atoms with E-state index in [1.165, 1.54) is 31.7 Å². The number of aliphatic carboxylic acids is 1. The van der Waals surface area contributed by atoms with E-state index in [9.17, 15) is 26.7 Å². The van der Waals surface area contributed by atoms with Gasteiger partial charge in [0.1, 0.15) is 11.5 Å². The Morgan fingerprint density at radius 3 is 2.24 bits per heavy atom. The number of alkyl halides is 5. The van der Waals surface area contributed by atoms with Crippen molar-refractivity contribution in [2.75, 3.05) is 25.2 Å². The largest absolute Gasteiger partial charge is 0.499 e. The third-order valence-electron chi connectivity index (χ3n) is 5.56. The third-order valence-corrected chi connectivity index (χ3v) is 6.41. The Morgan fingerprint density at radius 2 is 1.67 bits per heavy atom. The predicted molar refractivity (Wildman–Crippen MR) is 165 cm³/mol. The van der Waals surface area contributed by atoms with Crippen molar-refractivity contribution in [3.63, 3.8) is 0 Å². The maximum Gasteiger partial charge on any atom is 0.499 e. The van der Waals surface area contributed by atoms with Gasteiger partial charge in [-0.05, 0) is 60.5 Å². The molecule has 0 fully saturated rings. The number of benzene rings is 3. The lowest BCUT2D eigenvalue weighted by Gasteiger charge is -2.20. The van der Waals surface area contributed by atoms with Crippen molar-refractivity contribution in [2.45, 2.75) is 19.2 Å². The van der Waals surface area contributed by atoms with Crippen LogP contribution in [0, 0.1) is 6.92 Å². The highest BCUT2D eigenvalue weighted by molar-refractivity contribution is 8.14. The van der Waals surface area contributed by atoms with Gasteiger partial charge in [0.05, 0.1) is 31.1 Å². The van der Waals surface area contributed by atoms with E-state index in [2.05, 4.69) is 35.6 Å². The number of carboxylic acid groups (broad SMARTS) is 1. The Morgan fingerprint density at radius 1 is 1.00 bits per heavy atom. The number of carbonyl (C=O) groups is 1. The number of anilines is 1. The second-order valence-corrected chi connectivity index (χ2v) is 9.80. The Balaban J connectivity index is 1.61. The molecule has 0 spiro atoms. The standard InChI is InChI=1S/C29H27F5N6O4S/c1-18-14-23(43-3)12-13-24(18)39-27(45-16-25(41)42)40-38-15-19-4-6-20(7-5-19)26(35-2)37-17-36-21-8-10-22(11-9-21)44-29(33,34)28(30,31)32/h4-15,17H,16H2,1-3H3,(H,39,40)(H,41,42)(H,35,36,37)/b38-15-. The second kappa shape index (κ2) is 15.7. The zero-order valence-corrected chi connectivity index (χ0v) is 24.8. The Labute approximate surface area is 258 Å². The van der Waals surface area contributed by atoms with Gasteiger partial charge in [-0.1, -0.05) is 36.0 Å². The first kappa shape index (κ1) is 34.5. The van der Waals surface area contributed by atoms with E-state index in [0.29, 0.717) is 34.1 Å². The molecule has 0 aliphatic heterocycles. The summed E-state index contributed by atoms with van der Waals surface area (Å²) in [7, 11) is 3.08. The maximum atomic E-state index is 13.1. The summed E-state index contributed by atoms with van der Waals surface area (Å²) >= 11 is 0.977. The molecule has 0 aliphatic carbocycles. The van der Waals surface area contributed by atoms with Crippen LogP contribution in [0.25, 0.3) is 0 Å². The number of thioether (sulfide) groups is 1. The van der Waals surface area contributed by atoms with Crippen LogP contribution in [-0.2, 0) is 4.79 Å². The van der Waals surface area contributed by atoms with Gasteiger partial charge < -0.3 is 19.9 Å². The number of methoxy groups -OCH3 is 1. The van der Waals surface area contributed by atoms with E-state index in [4.69, 9.17) is 9.84 Å². The van der Waals surface area contributed by atoms with E-state index >= 15 is 0 Å². The number of carboxylic acids is 1. The third kappa shape index (κ3) is 10.6. The lowest BCUT2D eigenvalue weighted by Crippen LogP contribution is -2.41. The normalized spacial score (nSPS) is 12.9. The molecule has 0 bridgehead atoms. The summed E-state index contributed by atoms with van der Waals surface area (Å²) in [6.07, 6.45) is -8.36. The van der Waals surface area contributed by atoms with Crippen LogP contribution in [0.3, 0.4) is 0 Å². The number of hydrogen-bond donors (Lipinski definition) is 3. The highest BCUT2D eigenvalue weighted by Gasteiger charge is 2.61. The number of aryl methyl sites for hydroxylation is 1. The first-order chi connectivity index (χ1) is 21.3. The van der Waals surface area contributed by atoms with Crippen molar-refractivity contribution < 1.29 is 41.3 Å². The summed E-state index contributed by atoms with van der Waals surface area (Å²) in [5, 5.41) is 16.3. The molecule has 3 aromatic rings. The number of amidine groups is 2. The van der Waals surface area contributed by atoms with Crippen LogP contribution in [0.15, 0.2) is 86.8 Å². The summed E-state index contributed by atoms with van der Waals surface area (Å²) in [5.74, 6) is -0.888. The molecule has 0 unspecified atom stereocenters. The molecule has 0 atom stereocenters. The lowest BCUT2D eigenvalue weighted by atomic mass is 10.1. The van der Waals surface area contributed by atoms with Crippen LogP contribution in [0.4, 0.5) is 33.3 Å². The highest BCUT2D eigenvalue weighted by Crippen LogP contribution is 2.37. The smallest absolute Gasteiger partial charge is 0.497 e. The van der Waals surface area contributed by atoms with Crippen LogP contribution in [0.5, 0.6) is 11.5 Å². The van der Waals surface area contributed by atoms with E-state index in [-0.39, 0.29) is 10.9 Å². The van der Waals surface area contributed by atoms with Gasteiger partial charge in [-0.25, -0.2) is 9.98 Å². The van der Waals surface area contributed by atoms with Crippen molar-refractivity contribution in [3.8, 4) is 11.5 Å². The minimum atomic E-state index is -5.84. The molecule has 0 amide bonds. The lowest BCUT2D eigenvalue weighted by molar-refractivity contribution is -0.360.